The van der Waals surface area contributed by atoms with Gasteiger partial charge in [-0.1, -0.05) is 30.3 Å². The molecule has 0 spiro atoms. The van der Waals surface area contributed by atoms with Crippen LogP contribution in [0.1, 0.15) is 0 Å². The molecule has 4 rings (SSSR count). The topological polar surface area (TPSA) is 49.9 Å². The minimum Gasteiger partial charge on any atom is -0.457 e. The van der Waals surface area contributed by atoms with Crippen LogP contribution in [0, 0.1) is 5.82 Å². The molecular weight excluding hydrogens is 391 g/mol. The van der Waals surface area contributed by atoms with Crippen LogP contribution in [0.2, 0.25) is 0 Å². The summed E-state index contributed by atoms with van der Waals surface area (Å²) in [5, 5.41) is 0. The smallest absolute Gasteiger partial charge is 0.243 e. The number of halogens is 1. The number of hydrogen-bond donors (Lipinski definition) is 0. The third kappa shape index (κ3) is 4.26. The van der Waals surface area contributed by atoms with E-state index in [1.165, 1.54) is 10.4 Å². The maximum absolute atomic E-state index is 14.0. The summed E-state index contributed by atoms with van der Waals surface area (Å²) in [4.78, 5) is 2.09. The highest BCUT2D eigenvalue weighted by molar-refractivity contribution is 7.89. The van der Waals surface area contributed by atoms with Crippen LogP contribution in [-0.2, 0) is 10.0 Å². The van der Waals surface area contributed by atoms with Gasteiger partial charge in [-0.05, 0) is 48.5 Å². The van der Waals surface area contributed by atoms with Crippen molar-refractivity contribution in [3.63, 3.8) is 0 Å². The van der Waals surface area contributed by atoms with Crippen LogP contribution in [-0.4, -0.2) is 38.9 Å². The van der Waals surface area contributed by atoms with Crippen molar-refractivity contribution in [2.75, 3.05) is 31.1 Å². The van der Waals surface area contributed by atoms with E-state index in [0.29, 0.717) is 43.4 Å². The highest BCUT2D eigenvalue weighted by Crippen LogP contribution is 2.26. The van der Waals surface area contributed by atoms with Gasteiger partial charge in [-0.3, -0.25) is 0 Å². The summed E-state index contributed by atoms with van der Waals surface area (Å²) in [6, 6.07) is 22.3. The molecule has 1 aliphatic heterocycles. The van der Waals surface area contributed by atoms with Gasteiger partial charge in [-0.25, -0.2) is 12.8 Å². The van der Waals surface area contributed by atoms with Crippen molar-refractivity contribution in [2.24, 2.45) is 0 Å². The number of para-hydroxylation sites is 2. The fourth-order valence-corrected chi connectivity index (χ4v) is 4.75. The molecule has 3 aromatic carbocycles. The second kappa shape index (κ2) is 8.23. The first-order valence-corrected chi connectivity index (χ1v) is 10.8. The van der Waals surface area contributed by atoms with Crippen molar-refractivity contribution in [1.82, 2.24) is 4.31 Å². The third-order valence-corrected chi connectivity index (χ3v) is 6.79. The van der Waals surface area contributed by atoms with Crippen LogP contribution in [0.15, 0.2) is 83.8 Å². The Morgan fingerprint density at radius 1 is 0.724 bits per heavy atom. The van der Waals surface area contributed by atoms with E-state index < -0.39 is 10.0 Å². The first kappa shape index (κ1) is 19.4. The van der Waals surface area contributed by atoms with Gasteiger partial charge in [0.1, 0.15) is 17.3 Å². The molecule has 1 saturated heterocycles. The Kier molecular flexibility index (Phi) is 5.51. The van der Waals surface area contributed by atoms with Gasteiger partial charge < -0.3 is 9.64 Å². The van der Waals surface area contributed by atoms with Gasteiger partial charge >= 0.3 is 0 Å². The fourth-order valence-electron chi connectivity index (χ4n) is 3.33. The van der Waals surface area contributed by atoms with Crippen LogP contribution >= 0.6 is 0 Å². The second-order valence-electron chi connectivity index (χ2n) is 6.73. The Bertz CT molecular complexity index is 1060. The lowest BCUT2D eigenvalue weighted by Crippen LogP contribution is -2.48. The number of sulfonamides is 1. The van der Waals surface area contributed by atoms with Crippen LogP contribution in [0.5, 0.6) is 11.5 Å². The quantitative estimate of drug-likeness (QED) is 0.632. The predicted octanol–water partition coefficient (Wildman–Crippen LogP) is 4.13. The Labute approximate surface area is 170 Å². The van der Waals surface area contributed by atoms with E-state index in [2.05, 4.69) is 0 Å². The van der Waals surface area contributed by atoms with Gasteiger partial charge in [-0.2, -0.15) is 4.31 Å². The van der Waals surface area contributed by atoms with Crippen LogP contribution in [0.3, 0.4) is 0 Å². The summed E-state index contributed by atoms with van der Waals surface area (Å²) in [6.45, 7) is 1.49. The van der Waals surface area contributed by atoms with E-state index in [1.54, 1.807) is 42.5 Å². The molecule has 0 aliphatic carbocycles. The van der Waals surface area contributed by atoms with E-state index in [4.69, 9.17) is 4.74 Å². The number of ether oxygens (including phenoxy) is 1. The first-order valence-electron chi connectivity index (χ1n) is 9.37. The molecule has 3 aromatic rings. The third-order valence-electron chi connectivity index (χ3n) is 4.87. The van der Waals surface area contributed by atoms with Gasteiger partial charge in [-0.15, -0.1) is 0 Å². The number of rotatable bonds is 5. The van der Waals surface area contributed by atoms with E-state index >= 15 is 0 Å². The number of piperazine rings is 1. The van der Waals surface area contributed by atoms with Crippen molar-refractivity contribution >= 4 is 15.7 Å². The lowest BCUT2D eigenvalue weighted by molar-refractivity contribution is 0.383. The Morgan fingerprint density at radius 2 is 1.31 bits per heavy atom. The Balaban J connectivity index is 1.43. The summed E-state index contributed by atoms with van der Waals surface area (Å²) in [6.07, 6.45) is 0. The molecular formula is C22H21FN2O3S. The van der Waals surface area contributed by atoms with E-state index in [-0.39, 0.29) is 10.7 Å². The van der Waals surface area contributed by atoms with Crippen molar-refractivity contribution in [1.29, 1.82) is 0 Å². The van der Waals surface area contributed by atoms with Crippen molar-refractivity contribution in [3.05, 3.63) is 84.7 Å². The second-order valence-corrected chi connectivity index (χ2v) is 8.67. The zero-order valence-corrected chi connectivity index (χ0v) is 16.6. The molecule has 0 bridgehead atoms. The van der Waals surface area contributed by atoms with E-state index in [0.717, 1.165) is 0 Å². The maximum Gasteiger partial charge on any atom is 0.243 e. The number of nitrogens with zero attached hydrogens (tertiary/aromatic N) is 2. The molecule has 150 valence electrons. The average Bonchev–Trinajstić information content (AvgIpc) is 2.75. The SMILES string of the molecule is O=S(=O)(c1ccc(Oc2ccccc2)cc1)N1CCN(c2ccccc2F)CC1. The molecule has 29 heavy (non-hydrogen) atoms. The van der Waals surface area contributed by atoms with Crippen molar-refractivity contribution in [2.45, 2.75) is 4.90 Å². The molecule has 1 heterocycles. The highest BCUT2D eigenvalue weighted by atomic mass is 32.2. The summed E-state index contributed by atoms with van der Waals surface area (Å²) < 4.78 is 47.1. The number of benzene rings is 3. The van der Waals surface area contributed by atoms with Crippen LogP contribution in [0.25, 0.3) is 0 Å². The number of hydrogen-bond acceptors (Lipinski definition) is 4. The fraction of sp³-hybridized carbons (Fsp3) is 0.182. The molecule has 0 saturated carbocycles. The van der Waals surface area contributed by atoms with Crippen molar-refractivity contribution < 1.29 is 17.5 Å². The van der Waals surface area contributed by atoms with Gasteiger partial charge in [0.05, 0.1) is 10.6 Å². The average molecular weight is 412 g/mol. The van der Waals surface area contributed by atoms with Crippen molar-refractivity contribution in [3.8, 4) is 11.5 Å². The van der Waals surface area contributed by atoms with Gasteiger partial charge in [0, 0.05) is 26.2 Å². The zero-order chi connectivity index (χ0) is 20.3. The largest absolute Gasteiger partial charge is 0.457 e. The first-order chi connectivity index (χ1) is 14.0. The molecule has 0 unspecified atom stereocenters. The lowest BCUT2D eigenvalue weighted by atomic mass is 10.2. The highest BCUT2D eigenvalue weighted by Gasteiger charge is 2.29. The molecule has 1 fully saturated rings. The van der Waals surface area contributed by atoms with E-state index in [1.807, 2.05) is 35.2 Å². The normalized spacial score (nSPS) is 15.3. The zero-order valence-electron chi connectivity index (χ0n) is 15.7. The monoisotopic (exact) mass is 412 g/mol. The Morgan fingerprint density at radius 3 is 1.97 bits per heavy atom. The van der Waals surface area contributed by atoms with Crippen LogP contribution < -0.4 is 9.64 Å². The van der Waals surface area contributed by atoms with Gasteiger partial charge in [0.2, 0.25) is 10.0 Å². The summed E-state index contributed by atoms with van der Waals surface area (Å²) >= 11 is 0. The standard InChI is InChI=1S/C22H21FN2O3S/c23-21-8-4-5-9-22(21)24-14-16-25(17-15-24)29(26,27)20-12-10-19(11-13-20)28-18-6-2-1-3-7-18/h1-13H,14-17H2. The summed E-state index contributed by atoms with van der Waals surface area (Å²) in [5.41, 5.74) is 0.506. The molecule has 0 radical (unpaired) electrons. The maximum atomic E-state index is 14.0. The molecule has 1 aliphatic rings. The predicted molar refractivity (Wildman–Crippen MR) is 110 cm³/mol. The molecule has 0 amide bonds. The van der Waals surface area contributed by atoms with Gasteiger partial charge in [0.25, 0.3) is 0 Å². The minimum absolute atomic E-state index is 0.220. The van der Waals surface area contributed by atoms with Crippen LogP contribution in [0.4, 0.5) is 10.1 Å². The number of anilines is 1. The summed E-state index contributed by atoms with van der Waals surface area (Å²) in [7, 11) is -3.61. The van der Waals surface area contributed by atoms with Gasteiger partial charge in [0.15, 0.2) is 0 Å². The summed E-state index contributed by atoms with van der Waals surface area (Å²) in [5.74, 6) is 0.963. The molecule has 5 nitrogen and oxygen atoms in total. The molecule has 7 heteroatoms. The molecule has 0 aromatic heterocycles. The molecule has 0 N–H and O–H groups in total. The minimum atomic E-state index is -3.61. The molecule has 0 atom stereocenters. The van der Waals surface area contributed by atoms with E-state index in [9.17, 15) is 12.8 Å². The lowest BCUT2D eigenvalue weighted by Gasteiger charge is -2.35. The Hall–Kier alpha value is -2.90.